The number of ether oxygens (including phenoxy) is 4. The van der Waals surface area contributed by atoms with Gasteiger partial charge in [0.05, 0.1) is 99.6 Å². The molecule has 0 amide bonds. The molecule has 0 N–H and O–H groups in total. The van der Waals surface area contributed by atoms with Crippen LogP contribution in [-0.2, 0) is 37.4 Å². The predicted octanol–water partition coefficient (Wildman–Crippen LogP) is 25.9. The van der Waals surface area contributed by atoms with Gasteiger partial charge in [-0.05, 0) is 188 Å². The van der Waals surface area contributed by atoms with Crippen molar-refractivity contribution in [2.75, 3.05) is 26.4 Å². The van der Waals surface area contributed by atoms with E-state index < -0.39 is 5.41 Å². The maximum Gasteiger partial charge on any atom is 2.00 e. The molecule has 12 heterocycles. The van der Waals surface area contributed by atoms with E-state index in [9.17, 15) is 0 Å². The number of thiophene rings is 2. The monoisotopic (exact) mass is 1680 g/mol. The Balaban J connectivity index is 0.00000980. The number of aromatic nitrogens is 9. The van der Waals surface area contributed by atoms with Gasteiger partial charge in [0.1, 0.15) is 11.4 Å². The minimum atomic E-state index is -0.603. The van der Waals surface area contributed by atoms with Crippen LogP contribution in [0.4, 0.5) is 0 Å². The molecule has 15 aromatic rings. The van der Waals surface area contributed by atoms with E-state index in [4.69, 9.17) is 48.9 Å². The molecule has 122 heavy (non-hydrogen) atoms. The number of benzene rings is 8. The van der Waals surface area contributed by atoms with E-state index in [-0.39, 0.29) is 26.1 Å². The summed E-state index contributed by atoms with van der Waals surface area (Å²) >= 11 is 3.44. The zero-order valence-corrected chi connectivity index (χ0v) is 73.9. The van der Waals surface area contributed by atoms with E-state index in [0.29, 0.717) is 56.6 Å². The Bertz CT molecular complexity index is 6850. The van der Waals surface area contributed by atoms with Gasteiger partial charge in [-0.25, -0.2) is 19.9 Å². The van der Waals surface area contributed by atoms with Crippen LogP contribution in [-0.4, -0.2) is 61.4 Å². The first kappa shape index (κ1) is 78.8. The predicted molar refractivity (Wildman–Crippen MR) is 498 cm³/mol. The van der Waals surface area contributed by atoms with E-state index in [2.05, 4.69) is 333 Å². The second-order valence-corrected chi connectivity index (χ2v) is 34.6. The molecular weight excluding hydrogens is 1590 g/mol. The second-order valence-electron chi connectivity index (χ2n) is 32.5. The van der Waals surface area contributed by atoms with Gasteiger partial charge < -0.3 is 28.9 Å². The van der Waals surface area contributed by atoms with Crippen molar-refractivity contribution in [3.63, 3.8) is 0 Å². The Morgan fingerprint density at radius 1 is 0.361 bits per heavy atom. The molecule has 0 spiro atoms. The van der Waals surface area contributed by atoms with Crippen molar-refractivity contribution >= 4 is 112 Å². The number of hydrogen-bond donors (Lipinski definition) is 0. The summed E-state index contributed by atoms with van der Waals surface area (Å²) < 4.78 is 33.8. The van der Waals surface area contributed by atoms with Crippen LogP contribution in [0.25, 0.3) is 178 Å². The van der Waals surface area contributed by atoms with Gasteiger partial charge in [-0.3, -0.25) is 4.68 Å². The molecule has 0 saturated carbocycles. The van der Waals surface area contributed by atoms with Gasteiger partial charge in [-0.1, -0.05) is 257 Å². The van der Waals surface area contributed by atoms with E-state index >= 15 is 0 Å². The molecule has 16 bridgehead atoms. The number of fused-ring (bicyclic) bond motifs is 19. The molecule has 0 radical (unpaired) electrons. The number of nitrogens with zero attached hydrogens (tertiary/aromatic N) is 9. The SMILES string of the molecule is Cc1ccc(-c2c3nc(c(-c4ccc(C)cc4)c4ccc([n-]4)c(-c4ccc(OCCCn5cc(COCC6(C)COc7c(c8sc7c(-c7ccc(C)cc7)c7nc(c(-c9ccc(C)cc9)c9ccc(s9)c(-c9ccc(C)cc9)c9nc(c8-c8ccc(C)cc8)C=C9)C=C7)OC6)nn5)cc4)c4nc(c(-c5ccc(C)cc5)c5ccc2[n-]5)C=C4)C=C3)cc1.[Zn+2]. The molecule has 13 nitrogen and oxygen atoms in total. The van der Waals surface area contributed by atoms with Gasteiger partial charge in [0.25, 0.3) is 0 Å². The molecule has 0 atom stereocenters. The average Bonchev–Trinajstić information content (AvgIpc) is 1.58. The molecule has 0 aliphatic carbocycles. The van der Waals surface area contributed by atoms with E-state index in [1.54, 1.807) is 22.7 Å². The van der Waals surface area contributed by atoms with Gasteiger partial charge in [0, 0.05) is 44.6 Å². The Morgan fingerprint density at radius 2 is 0.656 bits per heavy atom. The van der Waals surface area contributed by atoms with Gasteiger partial charge in [0.2, 0.25) is 0 Å². The third-order valence-corrected chi connectivity index (χ3v) is 25.3. The van der Waals surface area contributed by atoms with Gasteiger partial charge in [0.15, 0.2) is 11.5 Å². The first-order chi connectivity index (χ1) is 59.1. The first-order valence-electron chi connectivity index (χ1n) is 41.2. The maximum absolute atomic E-state index is 7.35. The first-order valence-corrected chi connectivity index (χ1v) is 42.8. The molecule has 20 rings (SSSR count). The summed E-state index contributed by atoms with van der Waals surface area (Å²) in [5.41, 5.74) is 34.2. The normalized spacial score (nSPS) is 13.0. The molecule has 0 unspecified atom stereocenters. The fourth-order valence-corrected chi connectivity index (χ4v) is 19.0. The molecule has 8 aromatic carbocycles. The fraction of sp³-hybridized carbons (Fsp3) is 0.151. The van der Waals surface area contributed by atoms with Crippen LogP contribution < -0.4 is 24.2 Å². The molecule has 5 aliphatic rings. The van der Waals surface area contributed by atoms with Crippen LogP contribution in [0.5, 0.6) is 17.2 Å². The molecule has 0 saturated heterocycles. The van der Waals surface area contributed by atoms with Crippen molar-refractivity contribution in [2.24, 2.45) is 5.41 Å². The quantitative estimate of drug-likeness (QED) is 0.0631. The van der Waals surface area contributed by atoms with Crippen LogP contribution in [0.3, 0.4) is 0 Å². The fourth-order valence-electron chi connectivity index (χ4n) is 16.5. The largest absolute Gasteiger partial charge is 2.00 e. The summed E-state index contributed by atoms with van der Waals surface area (Å²) in [5.74, 6) is 2.06. The van der Waals surface area contributed by atoms with Crippen molar-refractivity contribution in [2.45, 2.75) is 75.0 Å². The van der Waals surface area contributed by atoms with Crippen LogP contribution in [0.15, 0.2) is 237 Å². The summed E-state index contributed by atoms with van der Waals surface area (Å²) in [6.45, 7) is 19.2. The topological polar surface area (TPSA) is 147 Å². The third kappa shape index (κ3) is 15.6. The zero-order chi connectivity index (χ0) is 82.0. The Morgan fingerprint density at radius 3 is 0.992 bits per heavy atom. The molecule has 16 heteroatoms. The number of rotatable bonds is 17. The third-order valence-electron chi connectivity index (χ3n) is 23.0. The van der Waals surface area contributed by atoms with Crippen LogP contribution in [0, 0.1) is 53.9 Å². The molecule has 0 fully saturated rings. The van der Waals surface area contributed by atoms with Crippen molar-refractivity contribution in [3.8, 4) is 106 Å². The van der Waals surface area contributed by atoms with Gasteiger partial charge >= 0.3 is 19.5 Å². The maximum atomic E-state index is 7.35. The molecule has 592 valence electrons. The van der Waals surface area contributed by atoms with Crippen molar-refractivity contribution in [1.82, 2.24) is 44.9 Å². The Kier molecular flexibility index (Phi) is 21.4. The van der Waals surface area contributed by atoms with Crippen molar-refractivity contribution < 1.29 is 38.4 Å². The molecule has 7 aromatic heterocycles. The van der Waals surface area contributed by atoms with Gasteiger partial charge in [-0.2, -0.15) is 0 Å². The van der Waals surface area contributed by atoms with Gasteiger partial charge in [-0.15, -0.1) is 49.8 Å². The van der Waals surface area contributed by atoms with Crippen molar-refractivity contribution in [1.29, 1.82) is 0 Å². The number of aryl methyl sites for hydroxylation is 8. The van der Waals surface area contributed by atoms with Crippen LogP contribution in [0.1, 0.15) is 104 Å². The van der Waals surface area contributed by atoms with E-state index in [1.807, 2.05) is 23.0 Å². The minimum absolute atomic E-state index is 0. The minimum Gasteiger partial charge on any atom is -0.657 e. The van der Waals surface area contributed by atoms with E-state index in [0.717, 1.165) is 192 Å². The average molecular weight is 1680 g/mol. The second kappa shape index (κ2) is 33.2. The Labute approximate surface area is 730 Å². The van der Waals surface area contributed by atoms with E-state index in [1.165, 1.54) is 27.8 Å². The van der Waals surface area contributed by atoms with Crippen LogP contribution >= 0.6 is 22.7 Å². The molecular formula is C106H85N9O4S2Zn. The molecule has 5 aliphatic heterocycles. The smallest absolute Gasteiger partial charge is 0.657 e. The Hall–Kier alpha value is -13.1. The standard InChI is InChI=1S/C106H85N9O4S2.Zn/c1-63-10-24-70(25-11-63)94-80-42-44-82(107-80)95(71-26-12-64(2)13-27-71)84-46-48-86(109-84)97(87-49-47-85(110-87)96(83-45-43-81(94)108-83)72-28-14-65(3)15-29-72)73-38-40-79(41-39-73)117-57-9-56-115-58-78(113-114-115)59-116-60-106(8)61-118-102-103(119-62-106)105-101(77-36-22-69(7)23-37-77)91-53-51-89(112-91)99(75-32-18-67(5)19-33-75)93-55-54-92(120-93)98(74-30-16-66(4)17-31-74)88-50-52-90(111-88)100(104(102)121-105)76-34-20-68(6)21-35-76;/h10-55,58H,9,56-57,59-62H2,1-8H3;/q-2;+2. The summed E-state index contributed by atoms with van der Waals surface area (Å²) in [6, 6.07) is 82.1. The summed E-state index contributed by atoms with van der Waals surface area (Å²) in [4.78, 5) is 33.4. The van der Waals surface area contributed by atoms with Crippen molar-refractivity contribution in [3.05, 3.63) is 327 Å². The van der Waals surface area contributed by atoms with Crippen LogP contribution in [0.2, 0.25) is 0 Å². The summed E-state index contributed by atoms with van der Waals surface area (Å²) in [5, 5.41) is 9.15. The number of hydrogen-bond acceptors (Lipinski definition) is 12. The summed E-state index contributed by atoms with van der Waals surface area (Å²) in [7, 11) is 0. The zero-order valence-electron chi connectivity index (χ0n) is 69.3. The summed E-state index contributed by atoms with van der Waals surface area (Å²) in [6.07, 6.45) is 19.8.